The minimum atomic E-state index is 0.245. The molecule has 0 spiro atoms. The maximum atomic E-state index is 5.74. The third-order valence-corrected chi connectivity index (χ3v) is 3.02. The van der Waals surface area contributed by atoms with E-state index in [9.17, 15) is 0 Å². The van der Waals surface area contributed by atoms with E-state index < -0.39 is 0 Å². The van der Waals surface area contributed by atoms with Crippen molar-refractivity contribution in [1.29, 1.82) is 0 Å². The smallest absolute Gasteiger partial charge is 0.0251 e. The third-order valence-electron chi connectivity index (χ3n) is 1.61. The van der Waals surface area contributed by atoms with Gasteiger partial charge in [0.1, 0.15) is 0 Å². The Bertz CT molecular complexity index is 79.0. The first-order valence-electron chi connectivity index (χ1n) is 3.40. The molecule has 0 radical (unpaired) electrons. The zero-order valence-electron chi connectivity index (χ0n) is 6.77. The van der Waals surface area contributed by atoms with Crippen molar-refractivity contribution in [3.63, 3.8) is 0 Å². The number of rotatable bonds is 3. The van der Waals surface area contributed by atoms with Gasteiger partial charge in [-0.15, -0.1) is 0 Å². The van der Waals surface area contributed by atoms with Crippen LogP contribution in [0.3, 0.4) is 0 Å². The monoisotopic (exact) mass is 147 g/mol. The van der Waals surface area contributed by atoms with Crippen molar-refractivity contribution in [2.75, 3.05) is 5.75 Å². The summed E-state index contributed by atoms with van der Waals surface area (Å²) in [4.78, 5) is 0. The first-order valence-corrected chi connectivity index (χ1v) is 4.38. The van der Waals surface area contributed by atoms with E-state index in [0.717, 1.165) is 5.75 Å². The van der Waals surface area contributed by atoms with E-state index in [1.54, 1.807) is 0 Å². The summed E-state index contributed by atoms with van der Waals surface area (Å²) in [5.41, 5.74) is 5.74. The van der Waals surface area contributed by atoms with Gasteiger partial charge in [0.2, 0.25) is 0 Å². The molecule has 1 atom stereocenters. The fourth-order valence-electron chi connectivity index (χ4n) is 0.503. The number of hydrogen-bond acceptors (Lipinski definition) is 2. The van der Waals surface area contributed by atoms with Crippen LogP contribution in [0.2, 0.25) is 0 Å². The molecule has 0 bridgehead atoms. The second-order valence-electron chi connectivity index (χ2n) is 2.83. The minimum absolute atomic E-state index is 0.245. The molecule has 0 amide bonds. The molecule has 0 saturated heterocycles. The van der Waals surface area contributed by atoms with E-state index in [1.165, 1.54) is 0 Å². The van der Waals surface area contributed by atoms with Crippen LogP contribution in [0.1, 0.15) is 27.7 Å². The van der Waals surface area contributed by atoms with Gasteiger partial charge in [0.15, 0.2) is 0 Å². The normalized spacial score (nSPS) is 15.7. The second kappa shape index (κ2) is 3.47. The summed E-state index contributed by atoms with van der Waals surface area (Å²) in [7, 11) is 0. The Hall–Kier alpha value is 0.310. The van der Waals surface area contributed by atoms with Gasteiger partial charge in [-0.3, -0.25) is 0 Å². The van der Waals surface area contributed by atoms with Crippen LogP contribution in [0.15, 0.2) is 0 Å². The van der Waals surface area contributed by atoms with Gasteiger partial charge >= 0.3 is 0 Å². The second-order valence-corrected chi connectivity index (χ2v) is 4.74. The summed E-state index contributed by atoms with van der Waals surface area (Å²) in [6.45, 7) is 8.59. The van der Waals surface area contributed by atoms with Gasteiger partial charge in [-0.05, 0) is 26.5 Å². The zero-order valence-corrected chi connectivity index (χ0v) is 7.59. The number of hydrogen-bond donors (Lipinski definition) is 1. The van der Waals surface area contributed by atoms with Crippen LogP contribution < -0.4 is 5.73 Å². The molecule has 0 aromatic rings. The van der Waals surface area contributed by atoms with Crippen molar-refractivity contribution in [3.05, 3.63) is 0 Å². The van der Waals surface area contributed by atoms with Gasteiger partial charge in [0.25, 0.3) is 0 Å². The van der Waals surface area contributed by atoms with Crippen LogP contribution >= 0.6 is 11.8 Å². The molecule has 0 saturated carbocycles. The quantitative estimate of drug-likeness (QED) is 0.659. The molecule has 0 aromatic carbocycles. The largest absolute Gasteiger partial charge is 0.327 e. The summed E-state index contributed by atoms with van der Waals surface area (Å²) in [6, 6.07) is 0.280. The fourth-order valence-corrected chi connectivity index (χ4v) is 1.51. The van der Waals surface area contributed by atoms with Gasteiger partial charge < -0.3 is 5.73 Å². The third kappa shape index (κ3) is 3.11. The molecular weight excluding hydrogens is 130 g/mol. The lowest BCUT2D eigenvalue weighted by molar-refractivity contribution is 0.578. The highest BCUT2D eigenvalue weighted by Gasteiger charge is 2.21. The Labute approximate surface area is 62.4 Å². The molecule has 2 N–H and O–H groups in total. The summed E-state index contributed by atoms with van der Waals surface area (Å²) in [6.07, 6.45) is 0. The zero-order chi connectivity index (χ0) is 7.49. The Morgan fingerprint density at radius 1 is 1.56 bits per heavy atom. The summed E-state index contributed by atoms with van der Waals surface area (Å²) in [5, 5.41) is 0. The van der Waals surface area contributed by atoms with E-state index in [4.69, 9.17) is 5.73 Å². The molecule has 0 aromatic heterocycles. The summed E-state index contributed by atoms with van der Waals surface area (Å²) in [5.74, 6) is 1.15. The van der Waals surface area contributed by atoms with Crippen LogP contribution in [-0.4, -0.2) is 16.5 Å². The lowest BCUT2D eigenvalue weighted by Gasteiger charge is -2.27. The Morgan fingerprint density at radius 2 is 2.00 bits per heavy atom. The molecule has 0 aliphatic carbocycles. The molecule has 9 heavy (non-hydrogen) atoms. The van der Waals surface area contributed by atoms with Gasteiger partial charge in [0.05, 0.1) is 0 Å². The first kappa shape index (κ1) is 9.31. The molecule has 56 valence electrons. The van der Waals surface area contributed by atoms with Crippen molar-refractivity contribution in [3.8, 4) is 0 Å². The predicted octanol–water partition coefficient (Wildman–Crippen LogP) is 1.87. The van der Waals surface area contributed by atoms with Crippen molar-refractivity contribution >= 4 is 11.8 Å². The Balaban J connectivity index is 3.70. The van der Waals surface area contributed by atoms with Gasteiger partial charge in [-0.25, -0.2) is 0 Å². The highest BCUT2D eigenvalue weighted by molar-refractivity contribution is 8.00. The van der Waals surface area contributed by atoms with E-state index >= 15 is 0 Å². The number of thioether (sulfide) groups is 1. The molecular formula is C7H17NS. The van der Waals surface area contributed by atoms with Crippen molar-refractivity contribution in [2.24, 2.45) is 5.73 Å². The first-order chi connectivity index (χ1) is 4.00. The van der Waals surface area contributed by atoms with E-state index in [1.807, 2.05) is 11.8 Å². The van der Waals surface area contributed by atoms with Gasteiger partial charge in [0, 0.05) is 10.8 Å². The standard InChI is InChI=1S/C7H17NS/c1-5-9-7(3,4)6(2)8/h6H,5,8H2,1-4H3/t6-/m0/s1. The maximum Gasteiger partial charge on any atom is 0.0251 e. The predicted molar refractivity (Wildman–Crippen MR) is 45.9 cm³/mol. The highest BCUT2D eigenvalue weighted by atomic mass is 32.2. The van der Waals surface area contributed by atoms with E-state index in [-0.39, 0.29) is 10.8 Å². The fraction of sp³-hybridized carbons (Fsp3) is 1.00. The molecule has 0 heterocycles. The van der Waals surface area contributed by atoms with Crippen LogP contribution in [0, 0.1) is 0 Å². The van der Waals surface area contributed by atoms with Crippen molar-refractivity contribution < 1.29 is 0 Å². The molecule has 0 unspecified atom stereocenters. The molecule has 1 nitrogen and oxygen atoms in total. The molecule has 0 aliphatic heterocycles. The summed E-state index contributed by atoms with van der Waals surface area (Å²) >= 11 is 1.92. The highest BCUT2D eigenvalue weighted by Crippen LogP contribution is 2.26. The van der Waals surface area contributed by atoms with Crippen LogP contribution in [0.25, 0.3) is 0 Å². The van der Waals surface area contributed by atoms with Crippen molar-refractivity contribution in [2.45, 2.75) is 38.5 Å². The van der Waals surface area contributed by atoms with Crippen LogP contribution in [0.4, 0.5) is 0 Å². The number of nitrogens with two attached hydrogens (primary N) is 1. The summed E-state index contributed by atoms with van der Waals surface area (Å²) < 4.78 is 0.245. The topological polar surface area (TPSA) is 26.0 Å². The molecule has 0 rings (SSSR count). The average molecular weight is 147 g/mol. The Kier molecular flexibility index (Phi) is 3.59. The lowest BCUT2D eigenvalue weighted by Crippen LogP contribution is -2.37. The SMILES string of the molecule is CCSC(C)(C)[C@H](C)N. The minimum Gasteiger partial charge on any atom is -0.327 e. The van der Waals surface area contributed by atoms with Crippen molar-refractivity contribution in [1.82, 2.24) is 0 Å². The Morgan fingerprint density at radius 3 is 2.11 bits per heavy atom. The maximum absolute atomic E-state index is 5.74. The van der Waals surface area contributed by atoms with Gasteiger partial charge in [-0.2, -0.15) is 11.8 Å². The van der Waals surface area contributed by atoms with Crippen LogP contribution in [0.5, 0.6) is 0 Å². The molecule has 0 aliphatic rings. The van der Waals surface area contributed by atoms with E-state index in [0.29, 0.717) is 0 Å². The lowest BCUT2D eigenvalue weighted by atomic mass is 10.1. The van der Waals surface area contributed by atoms with Crippen LogP contribution in [-0.2, 0) is 0 Å². The van der Waals surface area contributed by atoms with E-state index in [2.05, 4.69) is 27.7 Å². The molecule has 2 heteroatoms. The van der Waals surface area contributed by atoms with Gasteiger partial charge in [-0.1, -0.05) is 6.92 Å². The average Bonchev–Trinajstić information content (AvgIpc) is 1.65. The molecule has 0 fully saturated rings.